The van der Waals surface area contributed by atoms with Crippen molar-refractivity contribution in [1.82, 2.24) is 9.21 Å². The van der Waals surface area contributed by atoms with Gasteiger partial charge in [0.25, 0.3) is 5.91 Å². The first-order valence-electron chi connectivity index (χ1n) is 10.5. The summed E-state index contributed by atoms with van der Waals surface area (Å²) >= 11 is 1.91. The molecule has 4 rings (SSSR count). The Kier molecular flexibility index (Phi) is 6.51. The van der Waals surface area contributed by atoms with Gasteiger partial charge in [-0.3, -0.25) is 4.79 Å². The van der Waals surface area contributed by atoms with Gasteiger partial charge in [-0.1, -0.05) is 24.3 Å². The maximum atomic E-state index is 13.0. The Balaban J connectivity index is 1.44. The molecule has 0 radical (unpaired) electrons. The number of nitrogens with zero attached hydrogens (tertiary/aromatic N) is 2. The molecule has 2 aromatic rings. The van der Waals surface area contributed by atoms with E-state index in [4.69, 9.17) is 0 Å². The zero-order valence-corrected chi connectivity index (χ0v) is 18.9. The number of thioether (sulfide) groups is 1. The van der Waals surface area contributed by atoms with Crippen molar-refractivity contribution in [3.8, 4) is 0 Å². The van der Waals surface area contributed by atoms with Crippen LogP contribution in [0.5, 0.6) is 0 Å². The van der Waals surface area contributed by atoms with Crippen molar-refractivity contribution in [3.63, 3.8) is 0 Å². The van der Waals surface area contributed by atoms with E-state index in [-0.39, 0.29) is 10.8 Å². The molecule has 7 heteroatoms. The summed E-state index contributed by atoms with van der Waals surface area (Å²) in [6, 6.07) is 14.9. The summed E-state index contributed by atoms with van der Waals surface area (Å²) in [5.74, 6) is 0.873. The zero-order valence-electron chi connectivity index (χ0n) is 17.3. The SMILES string of the molecule is Cc1ccccc1C1CCN(C(=O)c2ccc(S(=O)(=O)N3CCCC3)cc2)CCS1. The Hall–Kier alpha value is -1.83. The third kappa shape index (κ3) is 4.43. The highest BCUT2D eigenvalue weighted by Gasteiger charge is 2.28. The van der Waals surface area contributed by atoms with Crippen LogP contribution in [0.3, 0.4) is 0 Å². The first kappa shape index (κ1) is 21.4. The van der Waals surface area contributed by atoms with Crippen molar-refractivity contribution in [2.45, 2.75) is 36.3 Å². The van der Waals surface area contributed by atoms with Crippen LogP contribution in [-0.4, -0.2) is 55.5 Å². The molecule has 2 aliphatic rings. The topological polar surface area (TPSA) is 57.7 Å². The van der Waals surface area contributed by atoms with E-state index < -0.39 is 10.0 Å². The molecule has 30 heavy (non-hydrogen) atoms. The number of amides is 1. The number of rotatable bonds is 4. The van der Waals surface area contributed by atoms with Crippen molar-refractivity contribution in [2.24, 2.45) is 0 Å². The molecule has 2 heterocycles. The lowest BCUT2D eigenvalue weighted by Crippen LogP contribution is -2.33. The highest BCUT2D eigenvalue weighted by Crippen LogP contribution is 2.36. The van der Waals surface area contributed by atoms with Crippen LogP contribution in [0.1, 0.15) is 46.0 Å². The van der Waals surface area contributed by atoms with Crippen LogP contribution in [0.25, 0.3) is 0 Å². The molecule has 2 saturated heterocycles. The lowest BCUT2D eigenvalue weighted by Gasteiger charge is -2.21. The van der Waals surface area contributed by atoms with E-state index in [9.17, 15) is 13.2 Å². The van der Waals surface area contributed by atoms with Crippen LogP contribution in [0.15, 0.2) is 53.4 Å². The summed E-state index contributed by atoms with van der Waals surface area (Å²) in [6.07, 6.45) is 2.74. The van der Waals surface area contributed by atoms with Gasteiger partial charge in [0.2, 0.25) is 10.0 Å². The van der Waals surface area contributed by atoms with E-state index in [2.05, 4.69) is 31.2 Å². The number of benzene rings is 2. The molecule has 1 atom stereocenters. The molecule has 0 bridgehead atoms. The molecule has 5 nitrogen and oxygen atoms in total. The van der Waals surface area contributed by atoms with Crippen LogP contribution in [0.4, 0.5) is 0 Å². The molecule has 2 fully saturated rings. The monoisotopic (exact) mass is 444 g/mol. The highest BCUT2D eigenvalue weighted by molar-refractivity contribution is 7.99. The molecule has 1 amide bonds. The molecular weight excluding hydrogens is 416 g/mol. The molecule has 2 aliphatic heterocycles. The molecule has 2 aromatic carbocycles. The van der Waals surface area contributed by atoms with Gasteiger partial charge in [-0.25, -0.2) is 8.42 Å². The summed E-state index contributed by atoms with van der Waals surface area (Å²) in [5.41, 5.74) is 3.20. The first-order chi connectivity index (χ1) is 14.5. The highest BCUT2D eigenvalue weighted by atomic mass is 32.2. The predicted molar refractivity (Wildman–Crippen MR) is 121 cm³/mol. The van der Waals surface area contributed by atoms with Crippen molar-refractivity contribution in [1.29, 1.82) is 0 Å². The third-order valence-electron chi connectivity index (χ3n) is 5.97. The summed E-state index contributed by atoms with van der Waals surface area (Å²) in [6.45, 7) is 4.72. The second-order valence-electron chi connectivity index (χ2n) is 7.93. The average Bonchev–Trinajstić information content (AvgIpc) is 3.20. The zero-order chi connectivity index (χ0) is 21.1. The molecule has 160 valence electrons. The maximum Gasteiger partial charge on any atom is 0.253 e. The number of carbonyl (C=O) groups is 1. The van der Waals surface area contributed by atoms with Gasteiger partial charge in [-0.2, -0.15) is 16.1 Å². The Morgan fingerprint density at radius 3 is 2.37 bits per heavy atom. The van der Waals surface area contributed by atoms with Gasteiger partial charge < -0.3 is 4.90 Å². The van der Waals surface area contributed by atoms with Gasteiger partial charge in [0, 0.05) is 42.7 Å². The van der Waals surface area contributed by atoms with E-state index in [1.165, 1.54) is 15.4 Å². The Bertz CT molecular complexity index is 999. The van der Waals surface area contributed by atoms with Crippen molar-refractivity contribution >= 4 is 27.7 Å². The average molecular weight is 445 g/mol. The van der Waals surface area contributed by atoms with Crippen LogP contribution in [0, 0.1) is 6.92 Å². The van der Waals surface area contributed by atoms with Crippen LogP contribution in [-0.2, 0) is 10.0 Å². The van der Waals surface area contributed by atoms with Crippen LogP contribution >= 0.6 is 11.8 Å². The summed E-state index contributed by atoms with van der Waals surface area (Å²) < 4.78 is 26.9. The fourth-order valence-corrected chi connectivity index (χ4v) is 7.04. The lowest BCUT2D eigenvalue weighted by atomic mass is 10.0. The Morgan fingerprint density at radius 2 is 1.67 bits per heavy atom. The Morgan fingerprint density at radius 1 is 0.967 bits per heavy atom. The number of aryl methyl sites for hydroxylation is 1. The fraction of sp³-hybridized carbons (Fsp3) is 0.435. The van der Waals surface area contributed by atoms with E-state index >= 15 is 0 Å². The van der Waals surface area contributed by atoms with E-state index in [1.54, 1.807) is 24.3 Å². The van der Waals surface area contributed by atoms with Gasteiger partial charge >= 0.3 is 0 Å². The van der Waals surface area contributed by atoms with Crippen molar-refractivity contribution in [3.05, 3.63) is 65.2 Å². The minimum atomic E-state index is -3.45. The second kappa shape index (κ2) is 9.12. The van der Waals surface area contributed by atoms with E-state index in [0.29, 0.717) is 37.0 Å². The van der Waals surface area contributed by atoms with Crippen LogP contribution in [0.2, 0.25) is 0 Å². The number of hydrogen-bond acceptors (Lipinski definition) is 4. The Labute approximate surface area is 183 Å². The van der Waals surface area contributed by atoms with Gasteiger partial charge in [0.05, 0.1) is 4.90 Å². The number of sulfonamides is 1. The summed E-state index contributed by atoms with van der Waals surface area (Å²) in [7, 11) is -3.45. The number of carbonyl (C=O) groups excluding carboxylic acids is 1. The van der Waals surface area contributed by atoms with Gasteiger partial charge in [-0.15, -0.1) is 0 Å². The fourth-order valence-electron chi connectivity index (χ4n) is 4.20. The minimum Gasteiger partial charge on any atom is -0.338 e. The van der Waals surface area contributed by atoms with Crippen LogP contribution < -0.4 is 0 Å². The van der Waals surface area contributed by atoms with Gasteiger partial charge in [-0.05, 0) is 61.6 Å². The van der Waals surface area contributed by atoms with Crippen molar-refractivity contribution in [2.75, 3.05) is 31.9 Å². The number of hydrogen-bond donors (Lipinski definition) is 0. The summed E-state index contributed by atoms with van der Waals surface area (Å²) in [4.78, 5) is 15.2. The molecular formula is C23H28N2O3S2. The molecule has 0 aliphatic carbocycles. The van der Waals surface area contributed by atoms with Gasteiger partial charge in [0.15, 0.2) is 0 Å². The molecule has 0 N–H and O–H groups in total. The third-order valence-corrected chi connectivity index (χ3v) is 9.19. The molecule has 0 saturated carbocycles. The molecule has 0 aromatic heterocycles. The minimum absolute atomic E-state index is 0.0221. The van der Waals surface area contributed by atoms with E-state index in [1.807, 2.05) is 16.7 Å². The molecule has 0 spiro atoms. The van der Waals surface area contributed by atoms with Gasteiger partial charge in [0.1, 0.15) is 0 Å². The normalized spacial score (nSPS) is 20.8. The smallest absolute Gasteiger partial charge is 0.253 e. The standard InChI is InChI=1S/C23H28N2O3S2/c1-18-6-2-3-7-21(18)22-12-15-24(16-17-29-22)23(26)19-8-10-20(11-9-19)30(27,28)25-13-4-5-14-25/h2-3,6-11,22H,4-5,12-17H2,1H3. The van der Waals surface area contributed by atoms with E-state index in [0.717, 1.165) is 25.0 Å². The second-order valence-corrected chi connectivity index (χ2v) is 11.2. The largest absolute Gasteiger partial charge is 0.338 e. The maximum absolute atomic E-state index is 13.0. The molecule has 1 unspecified atom stereocenters. The first-order valence-corrected chi connectivity index (χ1v) is 13.0. The predicted octanol–water partition coefficient (Wildman–Crippen LogP) is 4.10. The lowest BCUT2D eigenvalue weighted by molar-refractivity contribution is 0.0766. The van der Waals surface area contributed by atoms with Crippen molar-refractivity contribution < 1.29 is 13.2 Å². The summed E-state index contributed by atoms with van der Waals surface area (Å²) in [5, 5.41) is 0.400. The quantitative estimate of drug-likeness (QED) is 0.712.